The van der Waals surface area contributed by atoms with Crippen molar-refractivity contribution in [3.05, 3.63) is 0 Å². The van der Waals surface area contributed by atoms with Crippen molar-refractivity contribution in [1.82, 2.24) is 10.6 Å². The third-order valence-electron chi connectivity index (χ3n) is 2.09. The van der Waals surface area contributed by atoms with Gasteiger partial charge in [-0.2, -0.15) is 13.2 Å². The van der Waals surface area contributed by atoms with E-state index in [9.17, 15) is 27.6 Å². The van der Waals surface area contributed by atoms with Crippen LogP contribution in [0, 0.1) is 5.41 Å². The quantitative estimate of drug-likeness (QED) is 0.646. The number of hydrogen-bond donors (Lipinski definition) is 3. The maximum atomic E-state index is 11.8. The summed E-state index contributed by atoms with van der Waals surface area (Å²) in [5.74, 6) is -2.40. The van der Waals surface area contributed by atoms with E-state index in [0.717, 1.165) is 0 Å². The lowest BCUT2D eigenvalue weighted by atomic mass is 9.89. The van der Waals surface area contributed by atoms with E-state index in [4.69, 9.17) is 5.11 Å². The summed E-state index contributed by atoms with van der Waals surface area (Å²) in [5.41, 5.74) is -5.71. The molecule has 0 rings (SSSR count). The van der Waals surface area contributed by atoms with Crippen LogP contribution < -0.4 is 10.6 Å². The molecule has 20 heavy (non-hydrogen) atoms. The number of alkyl halides is 3. The number of thioether (sulfide) groups is 1. The molecule has 0 aliphatic rings. The number of imide groups is 1. The monoisotopic (exact) mass is 316 g/mol. The fraction of sp³-hybridized carbons (Fsp3) is 0.700. The van der Waals surface area contributed by atoms with Gasteiger partial charge in [-0.3, -0.25) is 14.9 Å². The summed E-state index contributed by atoms with van der Waals surface area (Å²) in [4.78, 5) is 33.3. The van der Waals surface area contributed by atoms with Crippen LogP contribution in [0.5, 0.6) is 0 Å². The van der Waals surface area contributed by atoms with Gasteiger partial charge in [-0.1, -0.05) is 0 Å². The second kappa shape index (κ2) is 7.36. The number of amides is 3. The molecule has 0 radical (unpaired) electrons. The van der Waals surface area contributed by atoms with Gasteiger partial charge in [0.1, 0.15) is 0 Å². The van der Waals surface area contributed by atoms with Gasteiger partial charge in [-0.15, -0.1) is 0 Å². The highest BCUT2D eigenvalue weighted by Gasteiger charge is 2.31. The molecule has 0 aromatic carbocycles. The lowest BCUT2D eigenvalue weighted by Crippen LogP contribution is -2.42. The summed E-state index contributed by atoms with van der Waals surface area (Å²) < 4.78 is 35.3. The molecule has 0 heterocycles. The molecule has 3 N–H and O–H groups in total. The Bertz CT molecular complexity index is 385. The Morgan fingerprint density at radius 3 is 2.20 bits per heavy atom. The molecule has 0 spiro atoms. The van der Waals surface area contributed by atoms with Crippen molar-refractivity contribution in [2.75, 3.05) is 12.3 Å². The zero-order valence-electron chi connectivity index (χ0n) is 10.8. The van der Waals surface area contributed by atoms with Gasteiger partial charge >= 0.3 is 17.5 Å². The standard InChI is InChI=1S/C10H15F3N2O4S/c1-9(2,7(17)18)5-6(16)15-8(19)14-3-4-20-10(11,12)13/h3-5H2,1-2H3,(H,17,18)(H2,14,15,16,19). The predicted octanol–water partition coefficient (Wildman–Crippen LogP) is 1.57. The lowest BCUT2D eigenvalue weighted by molar-refractivity contribution is -0.149. The lowest BCUT2D eigenvalue weighted by Gasteiger charge is -2.17. The van der Waals surface area contributed by atoms with Crippen LogP contribution in [0.4, 0.5) is 18.0 Å². The van der Waals surface area contributed by atoms with Crippen LogP contribution in [0.15, 0.2) is 0 Å². The van der Waals surface area contributed by atoms with Gasteiger partial charge in [-0.25, -0.2) is 4.79 Å². The van der Waals surface area contributed by atoms with Crippen LogP contribution in [0.25, 0.3) is 0 Å². The molecule has 0 aliphatic heterocycles. The minimum absolute atomic E-state index is 0.272. The van der Waals surface area contributed by atoms with E-state index in [1.807, 2.05) is 5.32 Å². The number of aliphatic carboxylic acids is 1. The Morgan fingerprint density at radius 1 is 1.20 bits per heavy atom. The molecule has 0 aromatic rings. The molecule has 0 atom stereocenters. The molecule has 0 unspecified atom stereocenters. The van der Waals surface area contributed by atoms with Crippen molar-refractivity contribution in [3.8, 4) is 0 Å². The van der Waals surface area contributed by atoms with Gasteiger partial charge in [-0.05, 0) is 25.6 Å². The molecule has 6 nitrogen and oxygen atoms in total. The van der Waals surface area contributed by atoms with E-state index in [1.54, 1.807) is 0 Å². The fourth-order valence-electron chi connectivity index (χ4n) is 1.02. The van der Waals surface area contributed by atoms with E-state index < -0.39 is 35.3 Å². The Morgan fingerprint density at radius 2 is 1.75 bits per heavy atom. The average molecular weight is 316 g/mol. The molecule has 116 valence electrons. The van der Waals surface area contributed by atoms with Crippen LogP contribution in [0.1, 0.15) is 20.3 Å². The summed E-state index contributed by atoms with van der Waals surface area (Å²) in [6.07, 6.45) is -0.424. The van der Waals surface area contributed by atoms with Crippen LogP contribution in [-0.4, -0.2) is 40.8 Å². The van der Waals surface area contributed by atoms with E-state index in [1.165, 1.54) is 13.8 Å². The molecule has 0 bridgehead atoms. The van der Waals surface area contributed by atoms with Crippen molar-refractivity contribution < 1.29 is 32.7 Å². The normalized spacial score (nSPS) is 11.8. The number of carboxylic acid groups (broad SMARTS) is 1. The zero-order chi connectivity index (χ0) is 16.0. The molecule has 0 aliphatic carbocycles. The van der Waals surface area contributed by atoms with E-state index in [2.05, 4.69) is 5.32 Å². The Hall–Kier alpha value is -1.45. The minimum Gasteiger partial charge on any atom is -0.481 e. The summed E-state index contributed by atoms with van der Waals surface area (Å²) in [6, 6.07) is -0.959. The fourth-order valence-corrected chi connectivity index (χ4v) is 1.46. The maximum Gasteiger partial charge on any atom is 0.441 e. The first-order valence-corrected chi connectivity index (χ1v) is 6.44. The van der Waals surface area contributed by atoms with E-state index >= 15 is 0 Å². The van der Waals surface area contributed by atoms with Crippen LogP contribution in [0.2, 0.25) is 0 Å². The smallest absolute Gasteiger partial charge is 0.441 e. The van der Waals surface area contributed by atoms with Crippen LogP contribution >= 0.6 is 11.8 Å². The molecule has 10 heteroatoms. The van der Waals surface area contributed by atoms with Gasteiger partial charge in [0.05, 0.1) is 5.41 Å². The first kappa shape index (κ1) is 18.6. The second-order valence-corrected chi connectivity index (χ2v) is 5.62. The number of hydrogen-bond acceptors (Lipinski definition) is 4. The largest absolute Gasteiger partial charge is 0.481 e. The summed E-state index contributed by atoms with van der Waals surface area (Å²) in [5, 5.41) is 12.7. The summed E-state index contributed by atoms with van der Waals surface area (Å²) in [6.45, 7) is 2.35. The first-order valence-electron chi connectivity index (χ1n) is 5.46. The third-order valence-corrected chi connectivity index (χ3v) is 2.82. The van der Waals surface area contributed by atoms with Gasteiger partial charge in [0.15, 0.2) is 0 Å². The Kier molecular flexibility index (Phi) is 6.83. The number of rotatable bonds is 6. The van der Waals surface area contributed by atoms with Gasteiger partial charge < -0.3 is 10.4 Å². The SMILES string of the molecule is CC(C)(CC(=O)NC(=O)NCCSC(F)(F)F)C(=O)O. The van der Waals surface area contributed by atoms with Crippen molar-refractivity contribution in [2.24, 2.45) is 5.41 Å². The van der Waals surface area contributed by atoms with Gasteiger partial charge in [0.25, 0.3) is 0 Å². The van der Waals surface area contributed by atoms with Crippen LogP contribution in [0.3, 0.4) is 0 Å². The first-order chi connectivity index (χ1) is 8.94. The predicted molar refractivity (Wildman–Crippen MR) is 66.1 cm³/mol. The molecule has 3 amide bonds. The summed E-state index contributed by atoms with van der Waals surface area (Å²) in [7, 11) is 0. The zero-order valence-corrected chi connectivity index (χ0v) is 11.7. The van der Waals surface area contributed by atoms with Gasteiger partial charge in [0, 0.05) is 18.7 Å². The number of urea groups is 1. The number of carbonyl (C=O) groups is 3. The van der Waals surface area contributed by atoms with E-state index in [-0.39, 0.29) is 24.1 Å². The topological polar surface area (TPSA) is 95.5 Å². The molecule has 0 fully saturated rings. The number of carboxylic acids is 1. The minimum atomic E-state index is -4.38. The van der Waals surface area contributed by atoms with E-state index in [0.29, 0.717) is 0 Å². The number of halogens is 3. The van der Waals surface area contributed by atoms with Gasteiger partial charge in [0.2, 0.25) is 5.91 Å². The number of nitrogens with one attached hydrogen (secondary N) is 2. The molecule has 0 aromatic heterocycles. The molecule has 0 saturated heterocycles. The second-order valence-electron chi connectivity index (χ2n) is 4.46. The van der Waals surface area contributed by atoms with Crippen molar-refractivity contribution in [3.63, 3.8) is 0 Å². The van der Waals surface area contributed by atoms with Crippen LogP contribution in [-0.2, 0) is 9.59 Å². The molecule has 0 saturated carbocycles. The third kappa shape index (κ3) is 8.62. The molecular formula is C10H15F3N2O4S. The Labute approximate surface area is 117 Å². The highest BCUT2D eigenvalue weighted by molar-refractivity contribution is 8.00. The van der Waals surface area contributed by atoms with Crippen molar-refractivity contribution in [1.29, 1.82) is 0 Å². The highest BCUT2D eigenvalue weighted by Crippen LogP contribution is 2.29. The number of carbonyl (C=O) groups excluding carboxylic acids is 2. The Balaban J connectivity index is 3.98. The average Bonchev–Trinajstić information content (AvgIpc) is 2.21. The molecular weight excluding hydrogens is 301 g/mol. The van der Waals surface area contributed by atoms with Crippen molar-refractivity contribution in [2.45, 2.75) is 25.8 Å². The highest BCUT2D eigenvalue weighted by atomic mass is 32.2. The summed E-state index contributed by atoms with van der Waals surface area (Å²) >= 11 is -0.297. The maximum absolute atomic E-state index is 11.8. The van der Waals surface area contributed by atoms with Crippen molar-refractivity contribution >= 4 is 29.7 Å².